The summed E-state index contributed by atoms with van der Waals surface area (Å²) in [6, 6.07) is 2.03. The van der Waals surface area contributed by atoms with E-state index in [-0.39, 0.29) is 17.2 Å². The van der Waals surface area contributed by atoms with Gasteiger partial charge in [-0.2, -0.15) is 16.3 Å². The van der Waals surface area contributed by atoms with Gasteiger partial charge in [0.05, 0.1) is 11.8 Å². The van der Waals surface area contributed by atoms with E-state index in [1.165, 1.54) is 6.42 Å². The fraction of sp³-hybridized carbons (Fsp3) is 0.611. The highest BCUT2D eigenvalue weighted by atomic mass is 32.1. The molecule has 1 saturated carbocycles. The number of nitrogens with zero attached hydrogens (tertiary/aromatic N) is 3. The molecule has 2 atom stereocenters. The number of aromatic nitrogens is 2. The van der Waals surface area contributed by atoms with Crippen LogP contribution >= 0.6 is 11.3 Å². The van der Waals surface area contributed by atoms with Gasteiger partial charge in [0.2, 0.25) is 11.8 Å². The van der Waals surface area contributed by atoms with Gasteiger partial charge in [0.15, 0.2) is 5.82 Å². The smallest absolute Gasteiger partial charge is 0.229 e. The van der Waals surface area contributed by atoms with E-state index in [1.807, 2.05) is 16.3 Å². The molecular formula is C18H23N3O2S. The maximum absolute atomic E-state index is 12.7. The Labute approximate surface area is 146 Å². The van der Waals surface area contributed by atoms with E-state index in [2.05, 4.69) is 29.4 Å². The topological polar surface area (TPSA) is 59.2 Å². The Hall–Kier alpha value is -1.69. The van der Waals surface area contributed by atoms with E-state index in [0.29, 0.717) is 18.2 Å². The summed E-state index contributed by atoms with van der Waals surface area (Å²) in [5.74, 6) is 2.43. The van der Waals surface area contributed by atoms with Gasteiger partial charge in [-0.3, -0.25) is 4.79 Å². The largest absolute Gasteiger partial charge is 0.341 e. The average Bonchev–Trinajstić information content (AvgIpc) is 3.29. The van der Waals surface area contributed by atoms with Crippen molar-refractivity contribution in [3.8, 4) is 0 Å². The van der Waals surface area contributed by atoms with Crippen LogP contribution in [-0.2, 0) is 16.6 Å². The number of hydrogen-bond acceptors (Lipinski definition) is 5. The average molecular weight is 345 g/mol. The predicted octanol–water partition coefficient (Wildman–Crippen LogP) is 3.38. The number of carbonyl (C=O) groups excluding carboxylic acids is 1. The van der Waals surface area contributed by atoms with Crippen molar-refractivity contribution >= 4 is 17.2 Å². The van der Waals surface area contributed by atoms with Crippen molar-refractivity contribution in [3.63, 3.8) is 0 Å². The van der Waals surface area contributed by atoms with Gasteiger partial charge in [-0.15, -0.1) is 0 Å². The monoisotopic (exact) mass is 345 g/mol. The molecule has 1 aliphatic carbocycles. The van der Waals surface area contributed by atoms with E-state index < -0.39 is 0 Å². The standard InChI is InChI=1S/C18H23N3O2S/c1-12(2)16-19-17(20-23-16)18-6-3-4-14(18)9-21(11-18)15(22)8-13-5-7-24-10-13/h5,7,10,12,14H,3-4,6,8-9,11H2,1-2H3/t14-,18-/m1/s1. The number of rotatable bonds is 4. The number of likely N-dealkylation sites (tertiary alicyclic amines) is 1. The normalized spacial score (nSPS) is 26.3. The Morgan fingerprint density at radius 3 is 3.12 bits per heavy atom. The van der Waals surface area contributed by atoms with Crippen LogP contribution in [-0.4, -0.2) is 34.0 Å². The summed E-state index contributed by atoms with van der Waals surface area (Å²) < 4.78 is 5.46. The zero-order valence-corrected chi connectivity index (χ0v) is 15.0. The molecule has 24 heavy (non-hydrogen) atoms. The maximum Gasteiger partial charge on any atom is 0.229 e. The lowest BCUT2D eigenvalue weighted by Crippen LogP contribution is -2.36. The van der Waals surface area contributed by atoms with Crippen LogP contribution in [0.1, 0.15) is 56.3 Å². The molecular weight excluding hydrogens is 322 g/mol. The lowest BCUT2D eigenvalue weighted by Gasteiger charge is -2.24. The predicted molar refractivity (Wildman–Crippen MR) is 92.0 cm³/mol. The summed E-state index contributed by atoms with van der Waals surface area (Å²) in [4.78, 5) is 19.4. The molecule has 0 bridgehead atoms. The SMILES string of the molecule is CC(C)c1nc([C@@]23CCC[C@@H]2CN(C(=O)Cc2ccsc2)C3)no1. The van der Waals surface area contributed by atoms with Gasteiger partial charge in [-0.25, -0.2) is 0 Å². The molecule has 1 aliphatic heterocycles. The van der Waals surface area contributed by atoms with E-state index >= 15 is 0 Å². The minimum Gasteiger partial charge on any atom is -0.341 e. The second kappa shape index (κ2) is 5.99. The summed E-state index contributed by atoms with van der Waals surface area (Å²) in [5, 5.41) is 8.38. The van der Waals surface area contributed by atoms with Crippen LogP contribution in [0.5, 0.6) is 0 Å². The lowest BCUT2D eigenvalue weighted by molar-refractivity contribution is -0.129. The molecule has 2 fully saturated rings. The molecule has 0 spiro atoms. The quantitative estimate of drug-likeness (QED) is 0.852. The van der Waals surface area contributed by atoms with Crippen molar-refractivity contribution in [2.24, 2.45) is 5.92 Å². The number of carbonyl (C=O) groups is 1. The molecule has 3 heterocycles. The first kappa shape index (κ1) is 15.8. The molecule has 2 aromatic heterocycles. The molecule has 6 heteroatoms. The molecule has 0 N–H and O–H groups in total. The second-order valence-electron chi connectivity index (χ2n) is 7.44. The van der Waals surface area contributed by atoms with Crippen molar-refractivity contribution in [2.45, 2.75) is 50.9 Å². The molecule has 0 radical (unpaired) electrons. The van der Waals surface area contributed by atoms with Crippen LogP contribution in [0.4, 0.5) is 0 Å². The third-order valence-electron chi connectivity index (χ3n) is 5.54. The first-order valence-corrected chi connectivity index (χ1v) is 9.66. The minimum absolute atomic E-state index is 0.0963. The van der Waals surface area contributed by atoms with Crippen LogP contribution in [0.2, 0.25) is 0 Å². The second-order valence-corrected chi connectivity index (χ2v) is 8.22. The molecule has 5 nitrogen and oxygen atoms in total. The molecule has 1 saturated heterocycles. The summed E-state index contributed by atoms with van der Waals surface area (Å²) in [7, 11) is 0. The molecule has 2 aromatic rings. The number of hydrogen-bond donors (Lipinski definition) is 0. The van der Waals surface area contributed by atoms with Crippen LogP contribution in [0.25, 0.3) is 0 Å². The fourth-order valence-electron chi connectivity index (χ4n) is 4.20. The summed E-state index contributed by atoms with van der Waals surface area (Å²) in [5.41, 5.74) is 1.01. The highest BCUT2D eigenvalue weighted by Crippen LogP contribution is 2.49. The van der Waals surface area contributed by atoms with E-state index in [9.17, 15) is 4.79 Å². The van der Waals surface area contributed by atoms with Crippen LogP contribution in [0, 0.1) is 5.92 Å². The molecule has 0 unspecified atom stereocenters. The summed E-state index contributed by atoms with van der Waals surface area (Å²) in [6.45, 7) is 5.69. The van der Waals surface area contributed by atoms with Gasteiger partial charge < -0.3 is 9.42 Å². The van der Waals surface area contributed by atoms with Gasteiger partial charge >= 0.3 is 0 Å². The van der Waals surface area contributed by atoms with Gasteiger partial charge in [-0.05, 0) is 41.1 Å². The van der Waals surface area contributed by atoms with E-state index in [4.69, 9.17) is 4.52 Å². The van der Waals surface area contributed by atoms with Crippen molar-refractivity contribution < 1.29 is 9.32 Å². The highest BCUT2D eigenvalue weighted by molar-refractivity contribution is 7.08. The summed E-state index contributed by atoms with van der Waals surface area (Å²) in [6.07, 6.45) is 3.88. The van der Waals surface area contributed by atoms with Gasteiger partial charge in [0.1, 0.15) is 0 Å². The van der Waals surface area contributed by atoms with Crippen LogP contribution in [0.15, 0.2) is 21.3 Å². The molecule has 128 valence electrons. The van der Waals surface area contributed by atoms with E-state index in [1.54, 1.807) is 11.3 Å². The molecule has 1 amide bonds. The van der Waals surface area contributed by atoms with Crippen LogP contribution < -0.4 is 0 Å². The van der Waals surface area contributed by atoms with Crippen LogP contribution in [0.3, 0.4) is 0 Å². The molecule has 0 aromatic carbocycles. The number of thiophene rings is 1. The first-order chi connectivity index (χ1) is 11.6. The van der Waals surface area contributed by atoms with E-state index in [0.717, 1.165) is 37.3 Å². The fourth-order valence-corrected chi connectivity index (χ4v) is 4.86. The Balaban J connectivity index is 1.55. The Kier molecular flexibility index (Phi) is 3.95. The zero-order chi connectivity index (χ0) is 16.7. The van der Waals surface area contributed by atoms with Crippen molar-refractivity contribution in [2.75, 3.05) is 13.1 Å². The Bertz CT molecular complexity index is 724. The minimum atomic E-state index is -0.0963. The van der Waals surface area contributed by atoms with Gasteiger partial charge in [0, 0.05) is 19.0 Å². The highest BCUT2D eigenvalue weighted by Gasteiger charge is 2.54. The molecule has 4 rings (SSSR count). The lowest BCUT2D eigenvalue weighted by atomic mass is 9.80. The van der Waals surface area contributed by atoms with Crippen molar-refractivity contribution in [3.05, 3.63) is 34.1 Å². The Morgan fingerprint density at radius 1 is 1.54 bits per heavy atom. The third-order valence-corrected chi connectivity index (χ3v) is 6.27. The van der Waals surface area contributed by atoms with Crippen molar-refractivity contribution in [1.29, 1.82) is 0 Å². The first-order valence-electron chi connectivity index (χ1n) is 8.71. The van der Waals surface area contributed by atoms with Gasteiger partial charge in [0.25, 0.3) is 0 Å². The molecule has 2 aliphatic rings. The number of amides is 1. The Morgan fingerprint density at radius 2 is 2.42 bits per heavy atom. The van der Waals surface area contributed by atoms with Gasteiger partial charge in [-0.1, -0.05) is 25.4 Å². The maximum atomic E-state index is 12.7. The van der Waals surface area contributed by atoms with Crippen molar-refractivity contribution in [1.82, 2.24) is 15.0 Å². The number of fused-ring (bicyclic) bond motifs is 1. The third kappa shape index (κ3) is 2.57. The zero-order valence-electron chi connectivity index (χ0n) is 14.2. The summed E-state index contributed by atoms with van der Waals surface area (Å²) >= 11 is 1.64.